The van der Waals surface area contributed by atoms with Crippen molar-refractivity contribution in [2.24, 2.45) is 0 Å². The van der Waals surface area contributed by atoms with Crippen molar-refractivity contribution in [1.82, 2.24) is 0 Å². The van der Waals surface area contributed by atoms with Crippen LogP contribution < -0.4 is 10.5 Å². The van der Waals surface area contributed by atoms with Crippen LogP contribution in [0.1, 0.15) is 29.3 Å². The van der Waals surface area contributed by atoms with Crippen LogP contribution in [0.15, 0.2) is 63.8 Å². The molecule has 0 unspecified atom stereocenters. The Balaban J connectivity index is 1.55. The summed E-state index contributed by atoms with van der Waals surface area (Å²) in [5.41, 5.74) is 1.31. The molecule has 0 aliphatic carbocycles. The largest absolute Gasteiger partial charge is 0.449 e. The van der Waals surface area contributed by atoms with Gasteiger partial charge in [0.05, 0.1) is 0 Å². The number of para-hydroxylation sites is 2. The molecule has 1 aliphatic rings. The number of amides is 1. The average molecular weight is 377 g/mol. The summed E-state index contributed by atoms with van der Waals surface area (Å²) in [6, 6.07) is 16.0. The summed E-state index contributed by atoms with van der Waals surface area (Å²) in [5.74, 6) is -1.18. The molecule has 28 heavy (non-hydrogen) atoms. The number of benzene rings is 2. The van der Waals surface area contributed by atoms with Crippen LogP contribution in [0.2, 0.25) is 0 Å². The van der Waals surface area contributed by atoms with Crippen LogP contribution in [0.5, 0.6) is 0 Å². The monoisotopic (exact) mass is 377 g/mol. The van der Waals surface area contributed by atoms with Crippen molar-refractivity contribution in [3.8, 4) is 0 Å². The van der Waals surface area contributed by atoms with Crippen LogP contribution in [0.3, 0.4) is 0 Å². The second-order valence-corrected chi connectivity index (χ2v) is 6.76. The number of esters is 1. The third-order valence-corrected chi connectivity index (χ3v) is 4.87. The topological polar surface area (TPSA) is 76.8 Å². The normalized spacial score (nSPS) is 14.4. The van der Waals surface area contributed by atoms with E-state index in [0.29, 0.717) is 17.5 Å². The second-order valence-electron chi connectivity index (χ2n) is 6.76. The standard InChI is InChI=1S/C22H19NO5/c1-14(20(24)23-12-6-9-15-7-2-4-10-18(15)23)27-21(25)17-13-16-8-3-5-11-19(16)28-22(17)26/h2-5,7-8,10-11,13-14H,6,9,12H2,1H3/t14-/m0/s1. The number of hydrogen-bond donors (Lipinski definition) is 0. The summed E-state index contributed by atoms with van der Waals surface area (Å²) in [5, 5.41) is 0.609. The van der Waals surface area contributed by atoms with E-state index in [9.17, 15) is 14.4 Å². The molecule has 0 spiro atoms. The van der Waals surface area contributed by atoms with Gasteiger partial charge < -0.3 is 14.1 Å². The first-order chi connectivity index (χ1) is 13.5. The predicted molar refractivity (Wildman–Crippen MR) is 104 cm³/mol. The number of rotatable bonds is 3. The summed E-state index contributed by atoms with van der Waals surface area (Å²) in [6.45, 7) is 2.08. The Kier molecular flexibility index (Phi) is 4.69. The van der Waals surface area contributed by atoms with Crippen LogP contribution in [0.25, 0.3) is 11.0 Å². The van der Waals surface area contributed by atoms with Crippen molar-refractivity contribution in [2.75, 3.05) is 11.4 Å². The van der Waals surface area contributed by atoms with E-state index < -0.39 is 17.7 Å². The molecule has 4 rings (SSSR count). The SMILES string of the molecule is C[C@H](OC(=O)c1cc2ccccc2oc1=O)C(=O)N1CCCc2ccccc21. The molecule has 0 saturated heterocycles. The Morgan fingerprint density at radius 2 is 1.86 bits per heavy atom. The minimum Gasteiger partial charge on any atom is -0.449 e. The third-order valence-electron chi connectivity index (χ3n) is 4.87. The third kappa shape index (κ3) is 3.29. The molecule has 1 aliphatic heterocycles. The summed E-state index contributed by atoms with van der Waals surface area (Å²) >= 11 is 0. The molecule has 3 aromatic rings. The first kappa shape index (κ1) is 18.0. The first-order valence-electron chi connectivity index (χ1n) is 9.18. The lowest BCUT2D eigenvalue weighted by Crippen LogP contribution is -2.43. The van der Waals surface area contributed by atoms with Gasteiger partial charge in [0.2, 0.25) is 0 Å². The Bertz CT molecular complexity index is 1120. The van der Waals surface area contributed by atoms with E-state index in [0.717, 1.165) is 24.1 Å². The second kappa shape index (κ2) is 7.31. The Hall–Kier alpha value is -3.41. The highest BCUT2D eigenvalue weighted by molar-refractivity contribution is 6.00. The van der Waals surface area contributed by atoms with Gasteiger partial charge in [0.1, 0.15) is 11.1 Å². The molecule has 0 N–H and O–H groups in total. The van der Waals surface area contributed by atoms with Gasteiger partial charge in [-0.3, -0.25) is 4.79 Å². The van der Waals surface area contributed by atoms with E-state index in [1.807, 2.05) is 24.3 Å². The van der Waals surface area contributed by atoms with Gasteiger partial charge in [0.25, 0.3) is 5.91 Å². The van der Waals surface area contributed by atoms with E-state index in [4.69, 9.17) is 9.15 Å². The zero-order chi connectivity index (χ0) is 19.7. The number of carbonyl (C=O) groups excluding carboxylic acids is 2. The molecule has 2 heterocycles. The van der Waals surface area contributed by atoms with Crippen molar-refractivity contribution in [3.05, 3.63) is 76.1 Å². The molecule has 0 fully saturated rings. The average Bonchev–Trinajstić information content (AvgIpc) is 2.72. The number of ether oxygens (including phenoxy) is 1. The molecule has 6 nitrogen and oxygen atoms in total. The molecular formula is C22H19NO5. The molecule has 0 saturated carbocycles. The highest BCUT2D eigenvalue weighted by Crippen LogP contribution is 2.27. The maximum atomic E-state index is 12.9. The highest BCUT2D eigenvalue weighted by atomic mass is 16.5. The molecule has 1 atom stereocenters. The van der Waals surface area contributed by atoms with Crippen LogP contribution in [0.4, 0.5) is 5.69 Å². The molecular weight excluding hydrogens is 358 g/mol. The smallest absolute Gasteiger partial charge is 0.351 e. The summed E-state index contributed by atoms with van der Waals surface area (Å²) in [4.78, 5) is 39.1. The number of hydrogen-bond acceptors (Lipinski definition) is 5. The Morgan fingerprint density at radius 3 is 2.71 bits per heavy atom. The maximum absolute atomic E-state index is 12.9. The number of anilines is 1. The van der Waals surface area contributed by atoms with E-state index in [-0.39, 0.29) is 11.5 Å². The Labute approximate surface area is 161 Å². The van der Waals surface area contributed by atoms with Gasteiger partial charge in [-0.05, 0) is 43.5 Å². The first-order valence-corrected chi connectivity index (χ1v) is 9.18. The van der Waals surface area contributed by atoms with E-state index in [2.05, 4.69) is 0 Å². The van der Waals surface area contributed by atoms with Gasteiger partial charge in [0.15, 0.2) is 6.10 Å². The zero-order valence-electron chi connectivity index (χ0n) is 15.4. The van der Waals surface area contributed by atoms with E-state index in [1.165, 1.54) is 13.0 Å². The van der Waals surface area contributed by atoms with Gasteiger partial charge in [-0.2, -0.15) is 0 Å². The van der Waals surface area contributed by atoms with Crippen molar-refractivity contribution in [2.45, 2.75) is 25.9 Å². The highest BCUT2D eigenvalue weighted by Gasteiger charge is 2.29. The fourth-order valence-electron chi connectivity index (χ4n) is 3.46. The Morgan fingerprint density at radius 1 is 1.11 bits per heavy atom. The predicted octanol–water partition coefficient (Wildman–Crippen LogP) is 3.32. The van der Waals surface area contributed by atoms with Gasteiger partial charge in [-0.1, -0.05) is 36.4 Å². The fourth-order valence-corrected chi connectivity index (χ4v) is 3.46. The van der Waals surface area contributed by atoms with Crippen molar-refractivity contribution < 1.29 is 18.7 Å². The minimum absolute atomic E-state index is 0.225. The lowest BCUT2D eigenvalue weighted by molar-refractivity contribution is -0.126. The number of carbonyl (C=O) groups is 2. The van der Waals surface area contributed by atoms with Gasteiger partial charge >= 0.3 is 11.6 Å². The van der Waals surface area contributed by atoms with Gasteiger partial charge in [-0.25, -0.2) is 9.59 Å². The van der Waals surface area contributed by atoms with Crippen molar-refractivity contribution in [1.29, 1.82) is 0 Å². The molecule has 1 aromatic heterocycles. The van der Waals surface area contributed by atoms with E-state index >= 15 is 0 Å². The lowest BCUT2D eigenvalue weighted by atomic mass is 10.0. The van der Waals surface area contributed by atoms with Crippen LogP contribution >= 0.6 is 0 Å². The number of aryl methyl sites for hydroxylation is 1. The maximum Gasteiger partial charge on any atom is 0.351 e. The van der Waals surface area contributed by atoms with Gasteiger partial charge in [0, 0.05) is 17.6 Å². The van der Waals surface area contributed by atoms with Crippen molar-refractivity contribution >= 4 is 28.5 Å². The lowest BCUT2D eigenvalue weighted by Gasteiger charge is -2.31. The molecule has 2 aromatic carbocycles. The molecule has 1 amide bonds. The molecule has 0 bridgehead atoms. The van der Waals surface area contributed by atoms with Crippen molar-refractivity contribution in [3.63, 3.8) is 0 Å². The fraction of sp³-hybridized carbons (Fsp3) is 0.227. The number of nitrogens with zero attached hydrogens (tertiary/aromatic N) is 1. The van der Waals surface area contributed by atoms with E-state index in [1.54, 1.807) is 29.2 Å². The summed E-state index contributed by atoms with van der Waals surface area (Å²) in [7, 11) is 0. The number of fused-ring (bicyclic) bond motifs is 2. The minimum atomic E-state index is -1.02. The van der Waals surface area contributed by atoms with Gasteiger partial charge in [-0.15, -0.1) is 0 Å². The quantitative estimate of drug-likeness (QED) is 0.517. The summed E-state index contributed by atoms with van der Waals surface area (Å²) in [6.07, 6.45) is 0.730. The van der Waals surface area contributed by atoms with Crippen LogP contribution in [-0.2, 0) is 16.0 Å². The summed E-state index contributed by atoms with van der Waals surface area (Å²) < 4.78 is 10.5. The molecule has 142 valence electrons. The van der Waals surface area contributed by atoms with Crippen LogP contribution in [-0.4, -0.2) is 24.5 Å². The molecule has 6 heteroatoms. The zero-order valence-corrected chi connectivity index (χ0v) is 15.4. The van der Waals surface area contributed by atoms with Crippen LogP contribution in [0, 0.1) is 0 Å². The molecule has 0 radical (unpaired) electrons.